The quantitative estimate of drug-likeness (QED) is 0.234. The van der Waals surface area contributed by atoms with Crippen LogP contribution in [0.4, 0.5) is 15.9 Å². The van der Waals surface area contributed by atoms with E-state index in [-0.39, 0.29) is 33.8 Å². The molecule has 2 aromatic carbocycles. The van der Waals surface area contributed by atoms with Gasteiger partial charge in [0, 0.05) is 24.2 Å². The number of hydrogen-bond acceptors (Lipinski definition) is 7. The smallest absolute Gasteiger partial charge is 0.280 e. The van der Waals surface area contributed by atoms with Gasteiger partial charge >= 0.3 is 0 Å². The normalized spacial score (nSPS) is 14.6. The summed E-state index contributed by atoms with van der Waals surface area (Å²) < 4.78 is 41.1. The van der Waals surface area contributed by atoms with E-state index in [1.165, 1.54) is 28.9 Å². The van der Waals surface area contributed by atoms with Gasteiger partial charge in [-0.05, 0) is 54.7 Å². The molecule has 2 N–H and O–H groups in total. The SMILES string of the molecule is CONS(=O)(=O)c1nc2ccnn2c(Nc2cc(Cl)ccc2Cl)c1C(=O)N1CCC(c2ccc(F)cc2)CC1. The van der Waals surface area contributed by atoms with Gasteiger partial charge < -0.3 is 10.2 Å². The minimum Gasteiger partial charge on any atom is -0.338 e. The van der Waals surface area contributed by atoms with Crippen LogP contribution in [0.3, 0.4) is 0 Å². The number of benzene rings is 2. The highest BCUT2D eigenvalue weighted by Crippen LogP contribution is 2.34. The van der Waals surface area contributed by atoms with E-state index in [2.05, 4.69) is 20.2 Å². The lowest BCUT2D eigenvalue weighted by atomic mass is 9.89. The fraction of sp³-hybridized carbons (Fsp3) is 0.240. The first kappa shape index (κ1) is 27.3. The first-order valence-electron chi connectivity index (χ1n) is 11.9. The Hall–Kier alpha value is -3.29. The molecule has 1 saturated heterocycles. The summed E-state index contributed by atoms with van der Waals surface area (Å²) in [5.41, 5.74) is 1.23. The van der Waals surface area contributed by atoms with Crippen molar-refractivity contribution in [2.24, 2.45) is 0 Å². The molecular weight excluding hydrogens is 570 g/mol. The zero-order valence-electron chi connectivity index (χ0n) is 20.6. The number of piperidine rings is 1. The van der Waals surface area contributed by atoms with E-state index in [0.717, 1.165) is 12.7 Å². The van der Waals surface area contributed by atoms with Crippen molar-refractivity contribution in [1.29, 1.82) is 0 Å². The molecule has 0 unspecified atom stereocenters. The molecule has 5 rings (SSSR count). The predicted molar refractivity (Wildman–Crippen MR) is 144 cm³/mol. The molecule has 0 spiro atoms. The van der Waals surface area contributed by atoms with Crippen molar-refractivity contribution < 1.29 is 22.4 Å². The van der Waals surface area contributed by atoms with Gasteiger partial charge in [-0.3, -0.25) is 9.63 Å². The molecule has 10 nitrogen and oxygen atoms in total. The summed E-state index contributed by atoms with van der Waals surface area (Å²) in [6, 6.07) is 12.5. The van der Waals surface area contributed by atoms with Crippen molar-refractivity contribution in [3.63, 3.8) is 0 Å². The Morgan fingerprint density at radius 3 is 2.51 bits per heavy atom. The largest absolute Gasteiger partial charge is 0.338 e. The number of aromatic nitrogens is 3. The number of nitrogens with zero attached hydrogens (tertiary/aromatic N) is 4. The van der Waals surface area contributed by atoms with Gasteiger partial charge in [0.25, 0.3) is 15.9 Å². The Kier molecular flexibility index (Phi) is 7.74. The molecule has 1 amide bonds. The highest BCUT2D eigenvalue weighted by atomic mass is 35.5. The molecule has 1 aliphatic rings. The Morgan fingerprint density at radius 2 is 1.82 bits per heavy atom. The zero-order valence-corrected chi connectivity index (χ0v) is 22.9. The Labute approximate surface area is 233 Å². The molecule has 3 heterocycles. The lowest BCUT2D eigenvalue weighted by molar-refractivity contribution is 0.0708. The fourth-order valence-electron chi connectivity index (χ4n) is 4.60. The molecule has 4 aromatic rings. The number of likely N-dealkylation sites (tertiary alicyclic amines) is 1. The zero-order chi connectivity index (χ0) is 27.7. The van der Waals surface area contributed by atoms with Gasteiger partial charge in [-0.2, -0.15) is 9.61 Å². The second-order valence-electron chi connectivity index (χ2n) is 8.90. The minimum atomic E-state index is -4.39. The number of halogens is 3. The van der Waals surface area contributed by atoms with Crippen LogP contribution in [0.1, 0.15) is 34.7 Å². The maximum Gasteiger partial charge on any atom is 0.280 e. The number of fused-ring (bicyclic) bond motifs is 1. The van der Waals surface area contributed by atoms with Crippen LogP contribution in [0, 0.1) is 5.82 Å². The molecule has 14 heteroatoms. The molecule has 0 atom stereocenters. The van der Waals surface area contributed by atoms with Crippen LogP contribution in [0.25, 0.3) is 5.65 Å². The average molecular weight is 593 g/mol. The van der Waals surface area contributed by atoms with Crippen LogP contribution in [0.5, 0.6) is 0 Å². The average Bonchev–Trinajstić information content (AvgIpc) is 3.40. The third-order valence-electron chi connectivity index (χ3n) is 6.47. The maximum atomic E-state index is 14.1. The summed E-state index contributed by atoms with van der Waals surface area (Å²) in [7, 11) is -3.25. The summed E-state index contributed by atoms with van der Waals surface area (Å²) in [5.74, 6) is -0.723. The van der Waals surface area contributed by atoms with E-state index < -0.39 is 21.0 Å². The van der Waals surface area contributed by atoms with Crippen LogP contribution in [0.2, 0.25) is 10.0 Å². The summed E-state index contributed by atoms with van der Waals surface area (Å²) in [4.78, 5) is 26.5. The number of carbonyl (C=O) groups excluding carboxylic acids is 1. The minimum absolute atomic E-state index is 0.0382. The van der Waals surface area contributed by atoms with Crippen molar-refractivity contribution >= 4 is 56.3 Å². The van der Waals surface area contributed by atoms with Crippen LogP contribution in [-0.4, -0.2) is 54.0 Å². The van der Waals surface area contributed by atoms with Crippen LogP contribution in [0.15, 0.2) is 59.8 Å². The van der Waals surface area contributed by atoms with Gasteiger partial charge in [0.1, 0.15) is 17.2 Å². The number of nitrogens with one attached hydrogen (secondary N) is 2. The van der Waals surface area contributed by atoms with Gasteiger partial charge in [-0.15, -0.1) is 0 Å². The van der Waals surface area contributed by atoms with Crippen LogP contribution >= 0.6 is 23.2 Å². The van der Waals surface area contributed by atoms with Gasteiger partial charge in [0.2, 0.25) is 0 Å². The molecule has 1 fully saturated rings. The predicted octanol–water partition coefficient (Wildman–Crippen LogP) is 4.78. The second kappa shape index (κ2) is 11.1. The number of amides is 1. The van der Waals surface area contributed by atoms with Crippen LogP contribution in [-0.2, 0) is 14.9 Å². The van der Waals surface area contributed by atoms with Crippen molar-refractivity contribution in [1.82, 2.24) is 24.4 Å². The molecule has 39 heavy (non-hydrogen) atoms. The van der Waals surface area contributed by atoms with E-state index in [1.807, 2.05) is 4.89 Å². The maximum absolute atomic E-state index is 14.1. The van der Waals surface area contributed by atoms with Crippen molar-refractivity contribution in [2.45, 2.75) is 23.8 Å². The van der Waals surface area contributed by atoms with Gasteiger partial charge in [0.05, 0.1) is 24.0 Å². The van der Waals surface area contributed by atoms with Gasteiger partial charge in [0.15, 0.2) is 10.7 Å². The first-order chi connectivity index (χ1) is 18.7. The number of hydrogen-bond donors (Lipinski definition) is 2. The number of carbonyl (C=O) groups is 1. The van der Waals surface area contributed by atoms with Crippen molar-refractivity contribution in [3.8, 4) is 0 Å². The highest BCUT2D eigenvalue weighted by molar-refractivity contribution is 7.89. The lowest BCUT2D eigenvalue weighted by Crippen LogP contribution is -2.40. The second-order valence-corrected chi connectivity index (χ2v) is 11.3. The lowest BCUT2D eigenvalue weighted by Gasteiger charge is -2.33. The molecule has 0 radical (unpaired) electrons. The molecule has 2 aromatic heterocycles. The monoisotopic (exact) mass is 592 g/mol. The Balaban J connectivity index is 1.58. The Morgan fingerprint density at radius 1 is 1.10 bits per heavy atom. The van der Waals surface area contributed by atoms with E-state index in [9.17, 15) is 17.6 Å². The third-order valence-corrected chi connectivity index (χ3v) is 8.22. The van der Waals surface area contributed by atoms with E-state index in [4.69, 9.17) is 23.2 Å². The molecule has 0 aliphatic carbocycles. The third kappa shape index (κ3) is 5.56. The highest BCUT2D eigenvalue weighted by Gasteiger charge is 2.35. The first-order valence-corrected chi connectivity index (χ1v) is 14.1. The molecule has 204 valence electrons. The van der Waals surface area contributed by atoms with E-state index in [1.54, 1.807) is 35.2 Å². The van der Waals surface area contributed by atoms with Crippen LogP contribution < -0.4 is 10.2 Å². The fourth-order valence-corrected chi connectivity index (χ4v) is 5.90. The topological polar surface area (TPSA) is 118 Å². The molecule has 0 saturated carbocycles. The van der Waals surface area contributed by atoms with Gasteiger partial charge in [-0.1, -0.05) is 40.2 Å². The van der Waals surface area contributed by atoms with E-state index in [0.29, 0.717) is 36.6 Å². The number of rotatable bonds is 7. The van der Waals surface area contributed by atoms with Gasteiger partial charge in [-0.25, -0.2) is 17.8 Å². The standard InChI is InChI=1S/C25H23Cl2FN6O4S/c1-38-32-39(36,37)24-22(25(35)33-12-9-16(10-13-33)15-2-5-18(28)6-3-15)23(34-21(31-24)8-11-29-34)30-20-14-17(26)4-7-19(20)27/h2-8,11,14,16,30,32H,9-10,12-13H2,1H3. The Bertz CT molecular complexity index is 1640. The summed E-state index contributed by atoms with van der Waals surface area (Å²) >= 11 is 12.5. The van der Waals surface area contributed by atoms with Crippen molar-refractivity contribution in [3.05, 3.63) is 81.7 Å². The van der Waals surface area contributed by atoms with Crippen molar-refractivity contribution in [2.75, 3.05) is 25.5 Å². The summed E-state index contributed by atoms with van der Waals surface area (Å²) in [5, 5.41) is 7.42. The number of anilines is 2. The number of sulfonamides is 1. The molecular formula is C25H23Cl2FN6O4S. The summed E-state index contributed by atoms with van der Waals surface area (Å²) in [6.45, 7) is 0.680. The van der Waals surface area contributed by atoms with E-state index >= 15 is 0 Å². The summed E-state index contributed by atoms with van der Waals surface area (Å²) in [6.07, 6.45) is 2.64. The molecule has 0 bridgehead atoms. The molecule has 1 aliphatic heterocycles.